The number of aromatic nitrogens is 5. The molecule has 0 spiro atoms. The standard InChI is InChI=1S/C23H22N8O4/c1-15-3-4-16(13-19(15)31(33)34)23(32)29-11-9-28(10-12-29)21-20-22(25-14-24-21)30(27-26-20)17-5-7-18(35-2)8-6-17/h3-8,13-14H,9-12H2,1-2H3. The molecule has 0 saturated carbocycles. The highest BCUT2D eigenvalue weighted by atomic mass is 16.6. The molecule has 1 fully saturated rings. The van der Waals surface area contributed by atoms with E-state index in [4.69, 9.17) is 4.74 Å². The minimum atomic E-state index is -0.469. The van der Waals surface area contributed by atoms with Gasteiger partial charge in [-0.1, -0.05) is 11.3 Å². The summed E-state index contributed by atoms with van der Waals surface area (Å²) in [6.45, 7) is 3.60. The maximum atomic E-state index is 13.0. The summed E-state index contributed by atoms with van der Waals surface area (Å²) < 4.78 is 6.86. The summed E-state index contributed by atoms with van der Waals surface area (Å²) in [6, 6.07) is 12.0. The normalized spacial score (nSPS) is 13.8. The number of carbonyl (C=O) groups is 1. The van der Waals surface area contributed by atoms with E-state index in [0.717, 1.165) is 11.4 Å². The number of nitro benzene ring substituents is 1. The van der Waals surface area contributed by atoms with Gasteiger partial charge in [-0.15, -0.1) is 5.10 Å². The number of nitrogens with zero attached hydrogens (tertiary/aromatic N) is 8. The van der Waals surface area contributed by atoms with Gasteiger partial charge in [-0.05, 0) is 37.3 Å². The smallest absolute Gasteiger partial charge is 0.273 e. The topological polar surface area (TPSA) is 132 Å². The third-order valence-electron chi connectivity index (χ3n) is 6.05. The molecule has 0 unspecified atom stereocenters. The Labute approximate surface area is 199 Å². The van der Waals surface area contributed by atoms with Gasteiger partial charge in [-0.2, -0.15) is 4.68 Å². The molecule has 0 aliphatic carbocycles. The highest BCUT2D eigenvalue weighted by Gasteiger charge is 2.26. The van der Waals surface area contributed by atoms with Gasteiger partial charge in [0.25, 0.3) is 11.6 Å². The van der Waals surface area contributed by atoms with Crippen molar-refractivity contribution in [3.8, 4) is 11.4 Å². The summed E-state index contributed by atoms with van der Waals surface area (Å²) in [5.41, 5.74) is 2.70. The lowest BCUT2D eigenvalue weighted by atomic mass is 10.1. The largest absolute Gasteiger partial charge is 0.497 e. The van der Waals surface area contributed by atoms with Crippen LogP contribution in [0.4, 0.5) is 11.5 Å². The number of fused-ring (bicyclic) bond motifs is 1. The molecule has 35 heavy (non-hydrogen) atoms. The number of anilines is 1. The van der Waals surface area contributed by atoms with Crippen molar-refractivity contribution >= 4 is 28.6 Å². The molecule has 4 aromatic rings. The van der Waals surface area contributed by atoms with Crippen LogP contribution in [0.25, 0.3) is 16.9 Å². The van der Waals surface area contributed by atoms with Crippen LogP contribution < -0.4 is 9.64 Å². The van der Waals surface area contributed by atoms with Crippen LogP contribution in [0.2, 0.25) is 0 Å². The first-order chi connectivity index (χ1) is 17.0. The molecular formula is C23H22N8O4. The van der Waals surface area contributed by atoms with Gasteiger partial charge in [0.15, 0.2) is 17.0 Å². The molecule has 0 bridgehead atoms. The van der Waals surface area contributed by atoms with Gasteiger partial charge in [0.05, 0.1) is 17.7 Å². The van der Waals surface area contributed by atoms with Crippen LogP contribution >= 0.6 is 0 Å². The summed E-state index contributed by atoms with van der Waals surface area (Å²) >= 11 is 0. The van der Waals surface area contributed by atoms with E-state index >= 15 is 0 Å². The highest BCUT2D eigenvalue weighted by molar-refractivity contribution is 5.95. The van der Waals surface area contributed by atoms with Crippen LogP contribution in [0.3, 0.4) is 0 Å². The lowest BCUT2D eigenvalue weighted by molar-refractivity contribution is -0.385. The highest BCUT2D eigenvalue weighted by Crippen LogP contribution is 2.25. The number of rotatable bonds is 5. The molecule has 12 heteroatoms. The third kappa shape index (κ3) is 4.09. The van der Waals surface area contributed by atoms with Gasteiger partial charge in [-0.25, -0.2) is 9.97 Å². The number of hydrogen-bond donors (Lipinski definition) is 0. The van der Waals surface area contributed by atoms with Gasteiger partial charge in [-0.3, -0.25) is 14.9 Å². The minimum Gasteiger partial charge on any atom is -0.497 e. The Kier molecular flexibility index (Phi) is 5.69. The van der Waals surface area contributed by atoms with E-state index < -0.39 is 4.92 Å². The molecule has 2 aromatic carbocycles. The molecule has 0 radical (unpaired) electrons. The van der Waals surface area contributed by atoms with Crippen LogP contribution in [0.1, 0.15) is 15.9 Å². The number of methoxy groups -OCH3 is 1. The second-order valence-corrected chi connectivity index (χ2v) is 8.11. The van der Waals surface area contributed by atoms with Crippen LogP contribution in [-0.2, 0) is 0 Å². The quantitative estimate of drug-likeness (QED) is 0.316. The Balaban J connectivity index is 1.34. The third-order valence-corrected chi connectivity index (χ3v) is 6.05. The molecule has 3 heterocycles. The van der Waals surface area contributed by atoms with Crippen LogP contribution in [0.15, 0.2) is 48.8 Å². The Morgan fingerprint density at radius 1 is 1.06 bits per heavy atom. The van der Waals surface area contributed by atoms with Crippen LogP contribution in [0.5, 0.6) is 5.75 Å². The molecule has 1 aliphatic rings. The van der Waals surface area contributed by atoms with Gasteiger partial charge in [0, 0.05) is 43.4 Å². The summed E-state index contributed by atoms with van der Waals surface area (Å²) in [5, 5.41) is 19.8. The van der Waals surface area contributed by atoms with E-state index in [-0.39, 0.29) is 11.6 Å². The number of amides is 1. The Morgan fingerprint density at radius 2 is 1.80 bits per heavy atom. The molecule has 1 saturated heterocycles. The van der Waals surface area contributed by atoms with E-state index in [9.17, 15) is 14.9 Å². The average molecular weight is 474 g/mol. The summed E-state index contributed by atoms with van der Waals surface area (Å²) in [6.07, 6.45) is 1.48. The zero-order valence-corrected chi connectivity index (χ0v) is 19.2. The second-order valence-electron chi connectivity index (χ2n) is 8.11. The van der Waals surface area contributed by atoms with E-state index in [1.165, 1.54) is 12.4 Å². The number of benzene rings is 2. The zero-order chi connectivity index (χ0) is 24.5. The fourth-order valence-electron chi connectivity index (χ4n) is 4.11. The van der Waals surface area contributed by atoms with Crippen molar-refractivity contribution in [2.45, 2.75) is 6.92 Å². The monoisotopic (exact) mass is 474 g/mol. The fraction of sp³-hybridized carbons (Fsp3) is 0.261. The first-order valence-corrected chi connectivity index (χ1v) is 11.0. The van der Waals surface area contributed by atoms with E-state index in [1.54, 1.807) is 35.7 Å². The Bertz CT molecular complexity index is 1410. The lowest BCUT2D eigenvalue weighted by Gasteiger charge is -2.35. The predicted octanol–water partition coefficient (Wildman–Crippen LogP) is 2.40. The van der Waals surface area contributed by atoms with Gasteiger partial charge in [0.2, 0.25) is 0 Å². The summed E-state index contributed by atoms with van der Waals surface area (Å²) in [4.78, 5) is 36.3. The zero-order valence-electron chi connectivity index (χ0n) is 19.2. The van der Waals surface area contributed by atoms with Crippen molar-refractivity contribution in [3.05, 3.63) is 70.0 Å². The summed E-state index contributed by atoms with van der Waals surface area (Å²) in [5.74, 6) is 1.15. The van der Waals surface area contributed by atoms with E-state index in [0.29, 0.717) is 54.3 Å². The summed E-state index contributed by atoms with van der Waals surface area (Å²) in [7, 11) is 1.61. The van der Waals surface area contributed by atoms with Crippen molar-refractivity contribution in [3.63, 3.8) is 0 Å². The molecule has 178 valence electrons. The first-order valence-electron chi connectivity index (χ1n) is 11.0. The van der Waals surface area contributed by atoms with Crippen molar-refractivity contribution in [2.24, 2.45) is 0 Å². The maximum Gasteiger partial charge on any atom is 0.273 e. The predicted molar refractivity (Wildman–Crippen MR) is 127 cm³/mol. The Morgan fingerprint density at radius 3 is 2.49 bits per heavy atom. The SMILES string of the molecule is COc1ccc(-n2nnc3c(N4CCN(C(=O)c5ccc(C)c([N+](=O)[O-])c5)CC4)ncnc32)cc1. The number of hydrogen-bond acceptors (Lipinski definition) is 9. The average Bonchev–Trinajstić information content (AvgIpc) is 3.33. The van der Waals surface area contributed by atoms with Crippen LogP contribution in [0, 0.1) is 17.0 Å². The maximum absolute atomic E-state index is 13.0. The fourth-order valence-corrected chi connectivity index (χ4v) is 4.11. The first kappa shape index (κ1) is 22.2. The molecule has 2 aromatic heterocycles. The molecule has 1 aliphatic heterocycles. The molecule has 5 rings (SSSR count). The number of piperazine rings is 1. The molecular weight excluding hydrogens is 452 g/mol. The molecule has 12 nitrogen and oxygen atoms in total. The van der Waals surface area contributed by atoms with Crippen molar-refractivity contribution in [1.29, 1.82) is 0 Å². The second kappa shape index (κ2) is 8.97. The van der Waals surface area contributed by atoms with Crippen molar-refractivity contribution in [1.82, 2.24) is 29.9 Å². The van der Waals surface area contributed by atoms with E-state index in [2.05, 4.69) is 20.3 Å². The van der Waals surface area contributed by atoms with Crippen LogP contribution in [-0.4, -0.2) is 74.0 Å². The number of carbonyl (C=O) groups excluding carboxylic acids is 1. The van der Waals surface area contributed by atoms with E-state index in [1.807, 2.05) is 29.2 Å². The molecule has 1 amide bonds. The number of nitro groups is 1. The molecule has 0 atom stereocenters. The van der Waals surface area contributed by atoms with Crippen molar-refractivity contribution in [2.75, 3.05) is 38.2 Å². The Hall–Kier alpha value is -4.61. The number of aryl methyl sites for hydroxylation is 1. The van der Waals surface area contributed by atoms with Gasteiger partial charge in [0.1, 0.15) is 12.1 Å². The minimum absolute atomic E-state index is 0.0576. The van der Waals surface area contributed by atoms with Gasteiger partial charge < -0.3 is 14.5 Å². The molecule has 0 N–H and O–H groups in total. The number of ether oxygens (including phenoxy) is 1. The van der Waals surface area contributed by atoms with Gasteiger partial charge >= 0.3 is 0 Å². The lowest BCUT2D eigenvalue weighted by Crippen LogP contribution is -2.49. The van der Waals surface area contributed by atoms with Crippen molar-refractivity contribution < 1.29 is 14.5 Å².